The van der Waals surface area contributed by atoms with Crippen molar-refractivity contribution < 1.29 is 9.13 Å². The highest BCUT2D eigenvalue weighted by Gasteiger charge is 2.12. The van der Waals surface area contributed by atoms with Crippen molar-refractivity contribution in [1.82, 2.24) is 0 Å². The maximum Gasteiger partial charge on any atom is 0.165 e. The maximum atomic E-state index is 14.0. The van der Waals surface area contributed by atoms with E-state index in [4.69, 9.17) is 15.7 Å². The van der Waals surface area contributed by atoms with Crippen molar-refractivity contribution in [3.05, 3.63) is 65.0 Å². The van der Waals surface area contributed by atoms with Gasteiger partial charge in [-0.15, -0.1) is 0 Å². The van der Waals surface area contributed by atoms with E-state index >= 15 is 0 Å². The van der Waals surface area contributed by atoms with E-state index in [2.05, 4.69) is 6.07 Å². The van der Waals surface area contributed by atoms with E-state index in [1.54, 1.807) is 30.3 Å². The summed E-state index contributed by atoms with van der Waals surface area (Å²) in [5.74, 6) is -0.204. The molecule has 0 fully saturated rings. The molecular weight excluding hydrogens is 267 g/mol. The second-order valence-electron chi connectivity index (χ2n) is 4.97. The van der Waals surface area contributed by atoms with Crippen LogP contribution in [0.3, 0.4) is 0 Å². The summed E-state index contributed by atoms with van der Waals surface area (Å²) in [7, 11) is 0. The van der Waals surface area contributed by atoms with Crippen LogP contribution in [0.15, 0.2) is 42.5 Å². The zero-order chi connectivity index (χ0) is 15.2. The number of nitrogens with two attached hydrogens (primary N) is 1. The minimum atomic E-state index is -0.414. The lowest BCUT2D eigenvalue weighted by Gasteiger charge is -2.14. The molecule has 0 bridgehead atoms. The third-order valence-electron chi connectivity index (χ3n) is 3.10. The van der Waals surface area contributed by atoms with Crippen molar-refractivity contribution >= 4 is 0 Å². The molecule has 2 N–H and O–H groups in total. The molecule has 0 heterocycles. The molecule has 2 rings (SSSR count). The van der Waals surface area contributed by atoms with Gasteiger partial charge in [-0.2, -0.15) is 5.26 Å². The Labute approximate surface area is 123 Å². The summed E-state index contributed by atoms with van der Waals surface area (Å²) in [6, 6.07) is 13.9. The Morgan fingerprint density at radius 1 is 1.19 bits per heavy atom. The molecule has 0 radical (unpaired) electrons. The van der Waals surface area contributed by atoms with Gasteiger partial charge in [-0.1, -0.05) is 30.3 Å². The maximum absolute atomic E-state index is 14.0. The van der Waals surface area contributed by atoms with Crippen molar-refractivity contribution in [2.24, 2.45) is 5.73 Å². The molecule has 0 aromatic heterocycles. The molecule has 3 nitrogen and oxygen atoms in total. The third kappa shape index (κ3) is 3.80. The summed E-state index contributed by atoms with van der Waals surface area (Å²) in [4.78, 5) is 0. The first-order valence-corrected chi connectivity index (χ1v) is 6.75. The van der Waals surface area contributed by atoms with Gasteiger partial charge in [-0.05, 0) is 31.0 Å². The monoisotopic (exact) mass is 284 g/mol. The molecule has 0 spiro atoms. The van der Waals surface area contributed by atoms with E-state index in [-0.39, 0.29) is 18.4 Å². The molecule has 0 aliphatic carbocycles. The fourth-order valence-corrected chi connectivity index (χ4v) is 2.13. The van der Waals surface area contributed by atoms with E-state index in [1.165, 1.54) is 6.07 Å². The van der Waals surface area contributed by atoms with Crippen LogP contribution in [-0.2, 0) is 13.0 Å². The standard InChI is InChI=1S/C17H17FN2O/c1-12(20)9-13-7-4-8-16(18)17(13)21-11-15-6-3-2-5-14(15)10-19/h2-8,12H,9,11,20H2,1H3. The Morgan fingerprint density at radius 2 is 1.90 bits per heavy atom. The van der Waals surface area contributed by atoms with Crippen LogP contribution < -0.4 is 10.5 Å². The Kier molecular flexibility index (Phi) is 4.91. The van der Waals surface area contributed by atoms with E-state index in [0.717, 1.165) is 11.1 Å². The number of rotatable bonds is 5. The second kappa shape index (κ2) is 6.87. The zero-order valence-electron chi connectivity index (χ0n) is 11.8. The minimum absolute atomic E-state index is 0.0828. The van der Waals surface area contributed by atoms with Crippen LogP contribution >= 0.6 is 0 Å². The quantitative estimate of drug-likeness (QED) is 0.917. The van der Waals surface area contributed by atoms with Crippen LogP contribution in [0.25, 0.3) is 0 Å². The number of benzene rings is 2. The summed E-state index contributed by atoms with van der Waals surface area (Å²) in [5, 5.41) is 9.05. The first-order valence-electron chi connectivity index (χ1n) is 6.75. The molecule has 0 aliphatic rings. The molecule has 2 aromatic carbocycles. The Bertz CT molecular complexity index is 662. The number of nitriles is 1. The van der Waals surface area contributed by atoms with E-state index in [9.17, 15) is 4.39 Å². The van der Waals surface area contributed by atoms with Gasteiger partial charge < -0.3 is 10.5 Å². The summed E-state index contributed by atoms with van der Waals surface area (Å²) in [5.41, 5.74) is 7.77. The molecule has 21 heavy (non-hydrogen) atoms. The van der Waals surface area contributed by atoms with Gasteiger partial charge in [0.1, 0.15) is 6.61 Å². The molecule has 0 amide bonds. The highest BCUT2D eigenvalue weighted by atomic mass is 19.1. The predicted octanol–water partition coefficient (Wildman–Crippen LogP) is 3.17. The van der Waals surface area contributed by atoms with Gasteiger partial charge in [-0.25, -0.2) is 4.39 Å². The summed E-state index contributed by atoms with van der Waals surface area (Å²) in [6.45, 7) is 2.01. The van der Waals surface area contributed by atoms with E-state index in [1.807, 2.05) is 13.0 Å². The lowest BCUT2D eigenvalue weighted by molar-refractivity contribution is 0.286. The first kappa shape index (κ1) is 15.0. The van der Waals surface area contributed by atoms with Crippen LogP contribution in [0.5, 0.6) is 5.75 Å². The zero-order valence-corrected chi connectivity index (χ0v) is 11.8. The molecule has 1 unspecified atom stereocenters. The van der Waals surface area contributed by atoms with Gasteiger partial charge in [0.05, 0.1) is 11.6 Å². The van der Waals surface area contributed by atoms with Gasteiger partial charge >= 0.3 is 0 Å². The predicted molar refractivity (Wildman–Crippen MR) is 79.2 cm³/mol. The van der Waals surface area contributed by atoms with Crippen LogP contribution in [0.1, 0.15) is 23.6 Å². The van der Waals surface area contributed by atoms with Crippen molar-refractivity contribution in [1.29, 1.82) is 5.26 Å². The normalized spacial score (nSPS) is 11.7. The largest absolute Gasteiger partial charge is 0.485 e. The summed E-state index contributed by atoms with van der Waals surface area (Å²) in [6.07, 6.45) is 0.535. The minimum Gasteiger partial charge on any atom is -0.485 e. The van der Waals surface area contributed by atoms with Gasteiger partial charge in [-0.3, -0.25) is 0 Å². The molecular formula is C17H17FN2O. The number of para-hydroxylation sites is 1. The topological polar surface area (TPSA) is 59.0 Å². The average Bonchev–Trinajstić information content (AvgIpc) is 2.46. The molecule has 108 valence electrons. The SMILES string of the molecule is CC(N)Cc1cccc(F)c1OCc1ccccc1C#N. The van der Waals surface area contributed by atoms with Gasteiger partial charge in [0.25, 0.3) is 0 Å². The summed E-state index contributed by atoms with van der Waals surface area (Å²) >= 11 is 0. The van der Waals surface area contributed by atoms with E-state index < -0.39 is 5.82 Å². The smallest absolute Gasteiger partial charge is 0.165 e. The van der Waals surface area contributed by atoms with Gasteiger partial charge in [0, 0.05) is 11.6 Å². The Hall–Kier alpha value is -2.38. The average molecular weight is 284 g/mol. The molecule has 2 aromatic rings. The number of ether oxygens (including phenoxy) is 1. The molecule has 0 saturated heterocycles. The molecule has 0 aliphatic heterocycles. The van der Waals surface area contributed by atoms with Crippen molar-refractivity contribution in [2.45, 2.75) is 26.0 Å². The number of nitrogens with zero attached hydrogens (tertiary/aromatic N) is 1. The first-order chi connectivity index (χ1) is 10.1. The van der Waals surface area contributed by atoms with Crippen molar-refractivity contribution in [2.75, 3.05) is 0 Å². The second-order valence-corrected chi connectivity index (χ2v) is 4.97. The van der Waals surface area contributed by atoms with Crippen LogP contribution in [0.4, 0.5) is 4.39 Å². The Morgan fingerprint density at radius 3 is 2.62 bits per heavy atom. The van der Waals surface area contributed by atoms with Gasteiger partial charge in [0.15, 0.2) is 11.6 Å². The third-order valence-corrected chi connectivity index (χ3v) is 3.10. The molecule has 0 saturated carbocycles. The summed E-state index contributed by atoms with van der Waals surface area (Å²) < 4.78 is 19.6. The number of halogens is 1. The van der Waals surface area contributed by atoms with Crippen LogP contribution in [-0.4, -0.2) is 6.04 Å². The fourth-order valence-electron chi connectivity index (χ4n) is 2.13. The lowest BCUT2D eigenvalue weighted by Crippen LogP contribution is -2.18. The van der Waals surface area contributed by atoms with Crippen LogP contribution in [0, 0.1) is 17.1 Å². The highest BCUT2D eigenvalue weighted by Crippen LogP contribution is 2.25. The van der Waals surface area contributed by atoms with Gasteiger partial charge in [0.2, 0.25) is 0 Å². The van der Waals surface area contributed by atoms with Crippen molar-refractivity contribution in [3.8, 4) is 11.8 Å². The number of hydrogen-bond acceptors (Lipinski definition) is 3. The highest BCUT2D eigenvalue weighted by molar-refractivity contribution is 5.39. The fraction of sp³-hybridized carbons (Fsp3) is 0.235. The van der Waals surface area contributed by atoms with Crippen LogP contribution in [0.2, 0.25) is 0 Å². The van der Waals surface area contributed by atoms with E-state index in [0.29, 0.717) is 12.0 Å². The lowest BCUT2D eigenvalue weighted by atomic mass is 10.1. The number of hydrogen-bond donors (Lipinski definition) is 1. The van der Waals surface area contributed by atoms with Crippen molar-refractivity contribution in [3.63, 3.8) is 0 Å². The Balaban J connectivity index is 2.22. The molecule has 4 heteroatoms. The molecule has 1 atom stereocenters.